The van der Waals surface area contributed by atoms with Crippen molar-refractivity contribution in [2.75, 3.05) is 30.1 Å². The first kappa shape index (κ1) is 14.8. The highest BCUT2D eigenvalue weighted by molar-refractivity contribution is 6.30. The molecule has 1 aromatic heterocycles. The van der Waals surface area contributed by atoms with Crippen LogP contribution in [0.5, 0.6) is 0 Å². The van der Waals surface area contributed by atoms with Gasteiger partial charge in [-0.25, -0.2) is 0 Å². The Balaban J connectivity index is 1.55. The van der Waals surface area contributed by atoms with Crippen molar-refractivity contribution in [1.29, 1.82) is 0 Å². The summed E-state index contributed by atoms with van der Waals surface area (Å²) in [5.74, 6) is 1.21. The van der Waals surface area contributed by atoms with Gasteiger partial charge in [0.1, 0.15) is 11.6 Å². The summed E-state index contributed by atoms with van der Waals surface area (Å²) in [6.45, 7) is 1.60. The smallest absolute Gasteiger partial charge is 0.223 e. The van der Waals surface area contributed by atoms with E-state index in [0.29, 0.717) is 31.5 Å². The Morgan fingerprint density at radius 1 is 1.23 bits per heavy atom. The van der Waals surface area contributed by atoms with Gasteiger partial charge in [0, 0.05) is 5.02 Å². The number of benzene rings is 1. The molecule has 2 heterocycles. The first-order chi connectivity index (χ1) is 10.6. The lowest BCUT2D eigenvalue weighted by atomic mass is 10.2. The molecule has 1 aliphatic heterocycles. The van der Waals surface area contributed by atoms with Crippen LogP contribution >= 0.6 is 11.6 Å². The Morgan fingerprint density at radius 3 is 2.77 bits per heavy atom. The minimum atomic E-state index is 0.167. The summed E-state index contributed by atoms with van der Waals surface area (Å²) < 4.78 is 0. The van der Waals surface area contributed by atoms with Gasteiger partial charge in [-0.2, -0.15) is 15.0 Å². The monoisotopic (exact) mass is 320 g/mol. The van der Waals surface area contributed by atoms with E-state index in [4.69, 9.17) is 27.9 Å². The molecule has 0 atom stereocenters. The number of nitrogen functional groups attached to an aromatic ring is 2. The quantitative estimate of drug-likeness (QED) is 0.787. The fourth-order valence-electron chi connectivity index (χ4n) is 2.25. The second-order valence-corrected chi connectivity index (χ2v) is 5.42. The van der Waals surface area contributed by atoms with E-state index in [1.54, 1.807) is 5.06 Å². The molecule has 0 fully saturated rings. The zero-order valence-corrected chi connectivity index (χ0v) is 12.7. The van der Waals surface area contributed by atoms with Gasteiger partial charge in [0.05, 0.1) is 25.4 Å². The van der Waals surface area contributed by atoms with Crippen LogP contribution in [0.15, 0.2) is 24.3 Å². The molecule has 0 saturated carbocycles. The van der Waals surface area contributed by atoms with Crippen molar-refractivity contribution in [3.05, 3.63) is 40.4 Å². The maximum Gasteiger partial charge on any atom is 0.223 e. The van der Waals surface area contributed by atoms with Crippen molar-refractivity contribution in [2.45, 2.75) is 13.0 Å². The van der Waals surface area contributed by atoms with E-state index >= 15 is 0 Å². The summed E-state index contributed by atoms with van der Waals surface area (Å²) in [5, 5.41) is 5.64. The highest BCUT2D eigenvalue weighted by Crippen LogP contribution is 2.25. The van der Waals surface area contributed by atoms with Crippen molar-refractivity contribution in [1.82, 2.24) is 15.0 Å². The number of hydroxylamine groups is 2. The van der Waals surface area contributed by atoms with Crippen LogP contribution < -0.4 is 16.8 Å². The van der Waals surface area contributed by atoms with Crippen LogP contribution in [0.25, 0.3) is 0 Å². The van der Waals surface area contributed by atoms with Crippen LogP contribution in [-0.4, -0.2) is 28.3 Å². The average Bonchev–Trinajstić information content (AvgIpc) is 2.50. The number of anilines is 3. The molecule has 0 aliphatic carbocycles. The number of hydrogen-bond acceptors (Lipinski definition) is 7. The number of fused-ring (bicyclic) bond motifs is 1. The van der Waals surface area contributed by atoms with Crippen molar-refractivity contribution in [3.8, 4) is 0 Å². The number of nitrogens with two attached hydrogens (primary N) is 2. The zero-order valence-electron chi connectivity index (χ0n) is 11.9. The number of aromatic nitrogens is 2. The Bertz CT molecular complexity index is 663. The van der Waals surface area contributed by atoms with Crippen molar-refractivity contribution in [3.63, 3.8) is 0 Å². The molecule has 0 unspecified atom stereocenters. The minimum Gasteiger partial charge on any atom is -0.383 e. The first-order valence-electron chi connectivity index (χ1n) is 6.90. The molecule has 0 saturated heterocycles. The zero-order chi connectivity index (χ0) is 15.5. The SMILES string of the molecule is Nc1nc(N)c2c(n1)NCN(OCCc1ccc(Cl)cc1)C2. The Kier molecular flexibility index (Phi) is 4.28. The Labute approximate surface area is 133 Å². The van der Waals surface area contributed by atoms with E-state index in [1.165, 1.54) is 5.56 Å². The van der Waals surface area contributed by atoms with Gasteiger partial charge in [-0.15, -0.1) is 0 Å². The number of halogens is 1. The standard InChI is InChI=1S/C14H17ClN6O/c15-10-3-1-9(2-4-10)5-6-22-21-7-11-12(16)19-14(17)20-13(11)18-8-21/h1-4H,5-8H2,(H5,16,17,18,19,20). The molecule has 1 aliphatic rings. The molecule has 0 spiro atoms. The van der Waals surface area contributed by atoms with Crippen LogP contribution in [0.2, 0.25) is 5.02 Å². The van der Waals surface area contributed by atoms with Crippen LogP contribution in [0.3, 0.4) is 0 Å². The molecule has 1 aromatic carbocycles. The third kappa shape index (κ3) is 3.38. The summed E-state index contributed by atoms with van der Waals surface area (Å²) in [7, 11) is 0. The summed E-state index contributed by atoms with van der Waals surface area (Å²) in [6.07, 6.45) is 0.800. The summed E-state index contributed by atoms with van der Waals surface area (Å²) in [6, 6.07) is 7.73. The predicted molar refractivity (Wildman–Crippen MR) is 86.0 cm³/mol. The topological polar surface area (TPSA) is 102 Å². The molecule has 0 bridgehead atoms. The number of nitrogens with zero attached hydrogens (tertiary/aromatic N) is 3. The van der Waals surface area contributed by atoms with Gasteiger partial charge in [0.15, 0.2) is 0 Å². The van der Waals surface area contributed by atoms with Crippen molar-refractivity contribution >= 4 is 29.2 Å². The second kappa shape index (κ2) is 6.35. The van der Waals surface area contributed by atoms with Crippen LogP contribution in [0.4, 0.5) is 17.6 Å². The average molecular weight is 321 g/mol. The van der Waals surface area contributed by atoms with Crippen LogP contribution in [0, 0.1) is 0 Å². The molecule has 8 heteroatoms. The van der Waals surface area contributed by atoms with Crippen LogP contribution in [-0.2, 0) is 17.8 Å². The molecule has 5 N–H and O–H groups in total. The molecule has 3 rings (SSSR count). The lowest BCUT2D eigenvalue weighted by Gasteiger charge is -2.28. The predicted octanol–water partition coefficient (Wildman–Crippen LogP) is 1.65. The Hall–Kier alpha value is -2.09. The Morgan fingerprint density at radius 2 is 2.00 bits per heavy atom. The summed E-state index contributed by atoms with van der Waals surface area (Å²) in [4.78, 5) is 13.8. The molecule has 7 nitrogen and oxygen atoms in total. The first-order valence-corrected chi connectivity index (χ1v) is 7.27. The van der Waals surface area contributed by atoms with Gasteiger partial charge in [-0.1, -0.05) is 23.7 Å². The van der Waals surface area contributed by atoms with Gasteiger partial charge >= 0.3 is 0 Å². The second-order valence-electron chi connectivity index (χ2n) is 4.98. The van der Waals surface area contributed by atoms with Gasteiger partial charge < -0.3 is 16.8 Å². The normalized spacial score (nSPS) is 14.4. The van der Waals surface area contributed by atoms with Gasteiger partial charge in [0.2, 0.25) is 5.95 Å². The molecule has 22 heavy (non-hydrogen) atoms. The molecule has 0 radical (unpaired) electrons. The lowest BCUT2D eigenvalue weighted by Crippen LogP contribution is -2.35. The highest BCUT2D eigenvalue weighted by Gasteiger charge is 2.21. The van der Waals surface area contributed by atoms with Gasteiger partial charge in [-0.3, -0.25) is 4.84 Å². The largest absolute Gasteiger partial charge is 0.383 e. The van der Waals surface area contributed by atoms with Crippen molar-refractivity contribution in [2.24, 2.45) is 0 Å². The van der Waals surface area contributed by atoms with Gasteiger partial charge in [0.25, 0.3) is 0 Å². The van der Waals surface area contributed by atoms with E-state index in [2.05, 4.69) is 15.3 Å². The van der Waals surface area contributed by atoms with Gasteiger partial charge in [-0.05, 0) is 24.1 Å². The number of hydrogen-bond donors (Lipinski definition) is 3. The number of nitrogens with one attached hydrogen (secondary N) is 1. The third-order valence-corrected chi connectivity index (χ3v) is 3.64. The van der Waals surface area contributed by atoms with E-state index < -0.39 is 0 Å². The molecular formula is C14H17ClN6O. The van der Waals surface area contributed by atoms with E-state index in [-0.39, 0.29) is 5.95 Å². The lowest BCUT2D eigenvalue weighted by molar-refractivity contribution is -0.163. The molecular weight excluding hydrogens is 304 g/mol. The van der Waals surface area contributed by atoms with E-state index in [1.807, 2.05) is 24.3 Å². The fraction of sp³-hybridized carbons (Fsp3) is 0.286. The molecule has 0 amide bonds. The van der Waals surface area contributed by atoms with E-state index in [0.717, 1.165) is 17.0 Å². The summed E-state index contributed by atoms with van der Waals surface area (Å²) >= 11 is 5.86. The summed E-state index contributed by atoms with van der Waals surface area (Å²) in [5.41, 5.74) is 13.4. The maximum atomic E-state index is 5.87. The van der Waals surface area contributed by atoms with Crippen LogP contribution in [0.1, 0.15) is 11.1 Å². The van der Waals surface area contributed by atoms with Crippen molar-refractivity contribution < 1.29 is 4.84 Å². The minimum absolute atomic E-state index is 0.167. The molecule has 116 valence electrons. The highest BCUT2D eigenvalue weighted by atomic mass is 35.5. The maximum absolute atomic E-state index is 5.87. The van der Waals surface area contributed by atoms with E-state index in [9.17, 15) is 0 Å². The third-order valence-electron chi connectivity index (χ3n) is 3.39. The number of rotatable bonds is 4. The fourth-order valence-corrected chi connectivity index (χ4v) is 2.38. The molecule has 2 aromatic rings.